The van der Waals surface area contributed by atoms with E-state index >= 15 is 0 Å². The fourth-order valence-electron chi connectivity index (χ4n) is 10.3. The fraction of sp³-hybridized carbons (Fsp3) is 0.305. The minimum Gasteiger partial charge on any atom is -0.493 e. The Balaban J connectivity index is 0.849. The lowest BCUT2D eigenvalue weighted by Crippen LogP contribution is -2.55. The first-order valence-electron chi connectivity index (χ1n) is 25.9. The van der Waals surface area contributed by atoms with Gasteiger partial charge in [0, 0.05) is 43.3 Å². The summed E-state index contributed by atoms with van der Waals surface area (Å²) in [4.78, 5) is 82.5. The number of aliphatic hydroxyl groups excluding tert-OH is 1. The third-order valence-corrected chi connectivity index (χ3v) is 14.7. The highest BCUT2D eigenvalue weighted by molar-refractivity contribution is 6.06. The quantitative estimate of drug-likeness (QED) is 0.0512. The van der Waals surface area contributed by atoms with Gasteiger partial charge in [-0.05, 0) is 95.5 Å². The Morgan fingerprint density at radius 1 is 0.709 bits per heavy atom. The lowest BCUT2D eigenvalue weighted by molar-refractivity contribution is -0.128. The van der Waals surface area contributed by atoms with Gasteiger partial charge in [-0.3, -0.25) is 35.0 Å². The smallest absolute Gasteiger partial charge is 0.416 e. The normalized spacial score (nSPS) is 17.8. The van der Waals surface area contributed by atoms with Crippen molar-refractivity contribution in [3.8, 4) is 23.0 Å². The van der Waals surface area contributed by atoms with Crippen LogP contribution in [0.5, 0.6) is 23.0 Å². The van der Waals surface area contributed by atoms with Crippen molar-refractivity contribution in [3.05, 3.63) is 166 Å². The van der Waals surface area contributed by atoms with Crippen molar-refractivity contribution in [1.29, 1.82) is 0 Å². The number of methoxy groups -OCH3 is 2. The van der Waals surface area contributed by atoms with E-state index in [1.54, 1.807) is 66.6 Å². The molecule has 1 aromatic heterocycles. The maximum absolute atomic E-state index is 14.7. The van der Waals surface area contributed by atoms with Crippen LogP contribution in [0, 0.1) is 5.92 Å². The molecule has 0 radical (unpaired) electrons. The van der Waals surface area contributed by atoms with E-state index in [2.05, 4.69) is 27.1 Å². The van der Waals surface area contributed by atoms with Gasteiger partial charge in [0.2, 0.25) is 11.8 Å². The van der Waals surface area contributed by atoms with Crippen LogP contribution in [0.3, 0.4) is 0 Å². The van der Waals surface area contributed by atoms with Gasteiger partial charge < -0.3 is 49.2 Å². The van der Waals surface area contributed by atoms with Gasteiger partial charge in [0.1, 0.15) is 31.9 Å². The SMILES string of the molecule is COc1cc2c(cc1OCc1ccnc(COc3cc4c(cc3OC)C(=O)N3Cc5ccccc5C[C@H]3C=N4)c1)N(C(=O)OCc1ccc(NC(=O)[C@H](C)NC(=O)[C@@H](NN)C(C)C)cc1)C(O)C1Cc3ccccc3CN1C2=O. The molecule has 6 N–H and O–H groups in total. The highest BCUT2D eigenvalue weighted by Gasteiger charge is 2.45. The number of hydrogen-bond donors (Lipinski definition) is 5. The van der Waals surface area contributed by atoms with Crippen molar-refractivity contribution in [2.24, 2.45) is 16.8 Å². The molecular weight excluding hydrogens is 1010 g/mol. The highest BCUT2D eigenvalue weighted by Crippen LogP contribution is 2.43. The molecule has 20 nitrogen and oxygen atoms in total. The van der Waals surface area contributed by atoms with E-state index in [1.165, 1.54) is 31.9 Å². The highest BCUT2D eigenvalue weighted by atomic mass is 16.6. The number of nitrogens with two attached hydrogens (primary N) is 1. The second kappa shape index (κ2) is 23.0. The van der Waals surface area contributed by atoms with E-state index in [-0.39, 0.29) is 73.4 Å². The van der Waals surface area contributed by atoms with Crippen LogP contribution in [0.1, 0.15) is 80.6 Å². The molecule has 0 spiro atoms. The minimum atomic E-state index is -1.56. The number of nitrogens with one attached hydrogen (secondary N) is 3. The maximum Gasteiger partial charge on any atom is 0.416 e. The Morgan fingerprint density at radius 2 is 1.34 bits per heavy atom. The molecular formula is C59H61N9O11. The van der Waals surface area contributed by atoms with Gasteiger partial charge in [-0.15, -0.1) is 0 Å². The van der Waals surface area contributed by atoms with Gasteiger partial charge in [-0.25, -0.2) is 15.1 Å². The Bertz CT molecular complexity index is 3350. The molecule has 6 aromatic rings. The van der Waals surface area contributed by atoms with Crippen LogP contribution >= 0.6 is 0 Å². The number of hydrazine groups is 1. The summed E-state index contributed by atoms with van der Waals surface area (Å²) < 4.78 is 30.1. The van der Waals surface area contributed by atoms with Gasteiger partial charge in [0.05, 0.1) is 54.5 Å². The molecule has 2 unspecified atom stereocenters. The molecule has 5 aromatic carbocycles. The Hall–Kier alpha value is -8.85. The fourth-order valence-corrected chi connectivity index (χ4v) is 10.3. The summed E-state index contributed by atoms with van der Waals surface area (Å²) in [6.07, 6.45) is 1.87. The minimum absolute atomic E-state index is 0.00936. The first-order chi connectivity index (χ1) is 38.2. The summed E-state index contributed by atoms with van der Waals surface area (Å²) in [5.74, 6) is 5.11. The van der Waals surface area contributed by atoms with E-state index in [0.29, 0.717) is 58.2 Å². The van der Waals surface area contributed by atoms with Crippen molar-refractivity contribution < 1.29 is 52.8 Å². The third kappa shape index (κ3) is 11.2. The summed E-state index contributed by atoms with van der Waals surface area (Å²) >= 11 is 0. The number of aliphatic imine (C=N–C) groups is 1. The largest absolute Gasteiger partial charge is 0.493 e. The predicted molar refractivity (Wildman–Crippen MR) is 292 cm³/mol. The molecule has 5 amide bonds. The van der Waals surface area contributed by atoms with Crippen molar-refractivity contribution >= 4 is 53.0 Å². The van der Waals surface area contributed by atoms with E-state index < -0.39 is 48.2 Å². The molecule has 79 heavy (non-hydrogen) atoms. The molecule has 5 heterocycles. The maximum atomic E-state index is 14.7. The van der Waals surface area contributed by atoms with Crippen LogP contribution in [0.25, 0.3) is 0 Å². The number of carbonyl (C=O) groups is 5. The Kier molecular flexibility index (Phi) is 15.6. The zero-order valence-electron chi connectivity index (χ0n) is 44.3. The number of pyridine rings is 1. The number of carbonyl (C=O) groups excluding carboxylic acids is 5. The van der Waals surface area contributed by atoms with Crippen LogP contribution in [-0.4, -0.2) is 100 Å². The number of ether oxygens (including phenoxy) is 5. The first-order valence-corrected chi connectivity index (χ1v) is 25.9. The zero-order valence-corrected chi connectivity index (χ0v) is 44.3. The predicted octanol–water partition coefficient (Wildman–Crippen LogP) is 6.51. The molecule has 408 valence electrons. The number of amides is 5. The number of hydrogen-bond acceptors (Lipinski definition) is 15. The van der Waals surface area contributed by atoms with E-state index in [0.717, 1.165) is 21.6 Å². The lowest BCUT2D eigenvalue weighted by atomic mass is 9.93. The van der Waals surface area contributed by atoms with Gasteiger partial charge in [-0.1, -0.05) is 74.5 Å². The molecule has 4 aliphatic heterocycles. The van der Waals surface area contributed by atoms with E-state index in [4.69, 9.17) is 34.5 Å². The molecule has 20 heteroatoms. The van der Waals surface area contributed by atoms with Crippen LogP contribution in [0.15, 0.2) is 120 Å². The summed E-state index contributed by atoms with van der Waals surface area (Å²) in [5.41, 5.74) is 9.87. The number of aromatic nitrogens is 1. The standard InChI is InChI=1S/C59H61N9O11/c1-33(2)53(65-60)55(70)63-34(3)54(69)64-41-16-14-35(15-17-41)30-79-59(74)68-47-26-52(50(76-5)24-45(47)57(72)67-29-40-13-9-7-11-38(40)22-48(67)58(68)73)77-31-36-18-19-61-42(20-36)32-78-51-25-46-44(23-49(51)75-4)56(71)66-28-39-12-8-6-10-37(39)21-43(66)27-62-46/h6-20,23-27,33-34,43,48,53,58,65,73H,21-22,28-32,60H2,1-5H3,(H,63,70)(H,64,69)/t34-,43-,48?,53-,58?/m0/s1. The van der Waals surface area contributed by atoms with Crippen LogP contribution in [0.2, 0.25) is 0 Å². The molecule has 0 saturated heterocycles. The van der Waals surface area contributed by atoms with Crippen molar-refractivity contribution in [3.63, 3.8) is 0 Å². The summed E-state index contributed by atoms with van der Waals surface area (Å²) in [6, 6.07) is 29.7. The summed E-state index contributed by atoms with van der Waals surface area (Å²) in [6.45, 7) is 5.67. The van der Waals surface area contributed by atoms with Gasteiger partial charge in [0.25, 0.3) is 11.8 Å². The monoisotopic (exact) mass is 1070 g/mol. The number of nitrogens with zero attached hydrogens (tertiary/aromatic N) is 5. The Morgan fingerprint density at radius 3 is 2.03 bits per heavy atom. The van der Waals surface area contributed by atoms with E-state index in [9.17, 15) is 29.1 Å². The number of rotatable bonds is 16. The number of benzene rings is 5. The summed E-state index contributed by atoms with van der Waals surface area (Å²) in [5, 5.41) is 17.7. The van der Waals surface area contributed by atoms with Crippen LogP contribution in [-0.2, 0) is 60.1 Å². The number of anilines is 2. The second-order valence-corrected chi connectivity index (χ2v) is 20.1. The van der Waals surface area contributed by atoms with Gasteiger partial charge in [-0.2, -0.15) is 0 Å². The van der Waals surface area contributed by atoms with Crippen molar-refractivity contribution in [2.45, 2.75) is 96.9 Å². The molecule has 4 aliphatic rings. The third-order valence-electron chi connectivity index (χ3n) is 14.7. The molecule has 5 atom stereocenters. The Labute approximate surface area is 456 Å². The molecule has 0 aliphatic carbocycles. The second-order valence-electron chi connectivity index (χ2n) is 20.1. The van der Waals surface area contributed by atoms with Crippen molar-refractivity contribution in [1.82, 2.24) is 25.5 Å². The van der Waals surface area contributed by atoms with Crippen LogP contribution < -0.4 is 45.7 Å². The average molecular weight is 1070 g/mol. The zero-order chi connectivity index (χ0) is 55.5. The van der Waals surface area contributed by atoms with Crippen molar-refractivity contribution in [2.75, 3.05) is 24.4 Å². The lowest BCUT2D eigenvalue weighted by Gasteiger charge is -2.39. The summed E-state index contributed by atoms with van der Waals surface area (Å²) in [7, 11) is 2.96. The molecule has 10 rings (SSSR count). The first kappa shape index (κ1) is 53.5. The topological polar surface area (TPSA) is 249 Å². The molecule has 0 bridgehead atoms. The van der Waals surface area contributed by atoms with Crippen LogP contribution in [0.4, 0.5) is 21.9 Å². The van der Waals surface area contributed by atoms with Gasteiger partial charge >= 0.3 is 6.09 Å². The average Bonchev–Trinajstić information content (AvgIpc) is 3.96. The van der Waals surface area contributed by atoms with E-state index in [1.807, 2.05) is 67.4 Å². The molecule has 0 saturated carbocycles. The van der Waals surface area contributed by atoms with Gasteiger partial charge in [0.15, 0.2) is 29.2 Å². The number of fused-ring (bicyclic) bond motifs is 6. The number of aliphatic hydroxyl groups is 1. The molecule has 0 fully saturated rings.